The smallest absolute Gasteiger partial charge is 0.100 e. The van der Waals surface area contributed by atoms with E-state index in [0.29, 0.717) is 0 Å². The van der Waals surface area contributed by atoms with E-state index in [0.717, 1.165) is 18.4 Å². The van der Waals surface area contributed by atoms with Gasteiger partial charge >= 0.3 is 0 Å². The van der Waals surface area contributed by atoms with Gasteiger partial charge in [0.1, 0.15) is 6.10 Å². The molecule has 1 atom stereocenters. The van der Waals surface area contributed by atoms with Gasteiger partial charge in [-0.25, -0.2) is 0 Å². The highest BCUT2D eigenvalue weighted by Gasteiger charge is 2.13. The van der Waals surface area contributed by atoms with E-state index in [4.69, 9.17) is 0 Å². The lowest BCUT2D eigenvalue weighted by Crippen LogP contribution is -2.03. The summed E-state index contributed by atoms with van der Waals surface area (Å²) < 4.78 is 1.21. The average molecular weight is 342 g/mol. The highest BCUT2D eigenvalue weighted by Crippen LogP contribution is 2.28. The van der Waals surface area contributed by atoms with E-state index < -0.39 is 6.10 Å². The molecule has 0 spiro atoms. The molecular formula is C15H19IO. The van der Waals surface area contributed by atoms with Gasteiger partial charge in [0.05, 0.1) is 0 Å². The van der Waals surface area contributed by atoms with E-state index in [9.17, 15) is 5.11 Å². The lowest BCUT2D eigenvalue weighted by molar-refractivity contribution is 0.209. The van der Waals surface area contributed by atoms with Crippen LogP contribution in [0.2, 0.25) is 0 Å². The van der Waals surface area contributed by atoms with Crippen LogP contribution in [0, 0.1) is 3.57 Å². The van der Waals surface area contributed by atoms with Crippen molar-refractivity contribution in [2.24, 2.45) is 0 Å². The standard InChI is InChI=1S/C15H19IO/c16-14-10-8-13(9-11-14)15(17)12-6-4-2-1-3-5-7-12/h6,8-11,15,17H,1-5,7H2/b12-6+. The molecule has 0 saturated carbocycles. The minimum absolute atomic E-state index is 0.398. The lowest BCUT2D eigenvalue weighted by Gasteiger charge is -2.17. The molecule has 0 heterocycles. The van der Waals surface area contributed by atoms with Crippen LogP contribution < -0.4 is 0 Å². The van der Waals surface area contributed by atoms with Crippen molar-refractivity contribution in [1.82, 2.24) is 0 Å². The molecular weight excluding hydrogens is 323 g/mol. The van der Waals surface area contributed by atoms with E-state index in [1.165, 1.54) is 34.8 Å². The second-order valence-corrected chi connectivity index (χ2v) is 5.93. The summed E-state index contributed by atoms with van der Waals surface area (Å²) in [6.07, 6.45) is 9.15. The number of aliphatic hydroxyl groups excluding tert-OH is 1. The van der Waals surface area contributed by atoms with Crippen LogP contribution in [0.5, 0.6) is 0 Å². The van der Waals surface area contributed by atoms with Crippen molar-refractivity contribution < 1.29 is 5.11 Å². The summed E-state index contributed by atoms with van der Waals surface area (Å²) in [5.74, 6) is 0. The number of hydrogen-bond donors (Lipinski definition) is 1. The predicted molar refractivity (Wildman–Crippen MR) is 79.9 cm³/mol. The maximum absolute atomic E-state index is 10.4. The molecule has 0 amide bonds. The Kier molecular flexibility index (Phi) is 5.04. The monoisotopic (exact) mass is 342 g/mol. The van der Waals surface area contributed by atoms with E-state index in [1.807, 2.05) is 12.1 Å². The molecule has 2 rings (SSSR count). The van der Waals surface area contributed by atoms with Crippen molar-refractivity contribution in [3.63, 3.8) is 0 Å². The predicted octanol–water partition coefficient (Wildman–Crippen LogP) is 4.61. The highest BCUT2D eigenvalue weighted by atomic mass is 127. The van der Waals surface area contributed by atoms with Gasteiger partial charge in [0.25, 0.3) is 0 Å². The summed E-state index contributed by atoms with van der Waals surface area (Å²) in [5.41, 5.74) is 2.24. The Balaban J connectivity index is 2.11. The van der Waals surface area contributed by atoms with E-state index in [-0.39, 0.29) is 0 Å². The van der Waals surface area contributed by atoms with Crippen LogP contribution in [-0.2, 0) is 0 Å². The molecule has 1 aromatic carbocycles. The van der Waals surface area contributed by atoms with Gasteiger partial charge in [-0.15, -0.1) is 0 Å². The van der Waals surface area contributed by atoms with Crippen LogP contribution in [0.4, 0.5) is 0 Å². The fraction of sp³-hybridized carbons (Fsp3) is 0.467. The van der Waals surface area contributed by atoms with E-state index >= 15 is 0 Å². The zero-order chi connectivity index (χ0) is 12.1. The summed E-state index contributed by atoms with van der Waals surface area (Å²) in [7, 11) is 0. The molecule has 1 aliphatic carbocycles. The third-order valence-corrected chi connectivity index (χ3v) is 4.08. The number of aliphatic hydroxyl groups is 1. The van der Waals surface area contributed by atoms with Crippen LogP contribution in [-0.4, -0.2) is 5.11 Å². The molecule has 1 aliphatic rings. The fourth-order valence-corrected chi connectivity index (χ4v) is 2.68. The molecule has 17 heavy (non-hydrogen) atoms. The van der Waals surface area contributed by atoms with Crippen LogP contribution >= 0.6 is 22.6 Å². The zero-order valence-electron chi connectivity index (χ0n) is 10.0. The van der Waals surface area contributed by atoms with Crippen LogP contribution in [0.25, 0.3) is 0 Å². The number of halogens is 1. The summed E-state index contributed by atoms with van der Waals surface area (Å²) in [6.45, 7) is 0. The topological polar surface area (TPSA) is 20.2 Å². The second kappa shape index (κ2) is 6.55. The molecule has 1 N–H and O–H groups in total. The molecule has 1 unspecified atom stereocenters. The van der Waals surface area contributed by atoms with E-state index in [2.05, 4.69) is 40.8 Å². The van der Waals surface area contributed by atoms with Gasteiger partial charge in [-0.3, -0.25) is 0 Å². The van der Waals surface area contributed by atoms with Gasteiger partial charge in [-0.1, -0.05) is 31.1 Å². The van der Waals surface area contributed by atoms with Gasteiger partial charge < -0.3 is 5.11 Å². The van der Waals surface area contributed by atoms with Crippen molar-refractivity contribution in [3.8, 4) is 0 Å². The molecule has 1 aromatic rings. The van der Waals surface area contributed by atoms with Gasteiger partial charge in [0, 0.05) is 3.57 Å². The van der Waals surface area contributed by atoms with Gasteiger partial charge in [0.2, 0.25) is 0 Å². The fourth-order valence-electron chi connectivity index (χ4n) is 2.32. The number of allylic oxidation sites excluding steroid dienone is 1. The van der Waals surface area contributed by atoms with Crippen LogP contribution in [0.1, 0.15) is 50.2 Å². The third-order valence-electron chi connectivity index (χ3n) is 3.36. The summed E-state index contributed by atoms with van der Waals surface area (Å²) in [4.78, 5) is 0. The van der Waals surface area contributed by atoms with Gasteiger partial charge in [-0.2, -0.15) is 0 Å². The third kappa shape index (κ3) is 3.81. The van der Waals surface area contributed by atoms with Crippen molar-refractivity contribution in [3.05, 3.63) is 45.0 Å². The van der Waals surface area contributed by atoms with Crippen molar-refractivity contribution >= 4 is 22.6 Å². The Bertz CT molecular complexity index is 380. The normalized spacial score (nSPS) is 22.1. The first-order valence-electron chi connectivity index (χ1n) is 6.40. The second-order valence-electron chi connectivity index (χ2n) is 4.69. The first kappa shape index (κ1) is 13.1. The minimum atomic E-state index is -0.398. The van der Waals surface area contributed by atoms with Gasteiger partial charge in [0.15, 0.2) is 0 Å². The molecule has 0 fully saturated rings. The Morgan fingerprint density at radius 1 is 1.00 bits per heavy atom. The zero-order valence-corrected chi connectivity index (χ0v) is 12.2. The lowest BCUT2D eigenvalue weighted by atomic mass is 9.93. The summed E-state index contributed by atoms with van der Waals surface area (Å²) in [5, 5.41) is 10.4. The molecule has 92 valence electrons. The Hall–Kier alpha value is -0.350. The molecule has 2 heteroatoms. The van der Waals surface area contributed by atoms with Crippen molar-refractivity contribution in [2.75, 3.05) is 0 Å². The maximum Gasteiger partial charge on any atom is 0.100 e. The molecule has 0 bridgehead atoms. The minimum Gasteiger partial charge on any atom is -0.384 e. The Morgan fingerprint density at radius 2 is 1.71 bits per heavy atom. The van der Waals surface area contributed by atoms with Gasteiger partial charge in [-0.05, 0) is 71.5 Å². The SMILES string of the molecule is OC(/C1=C/CCCCCC1)c1ccc(I)cc1. The number of benzene rings is 1. The van der Waals surface area contributed by atoms with E-state index in [1.54, 1.807) is 0 Å². The number of hydrogen-bond acceptors (Lipinski definition) is 1. The molecule has 0 aliphatic heterocycles. The average Bonchev–Trinajstić information content (AvgIpc) is 2.29. The first-order chi connectivity index (χ1) is 8.27. The Labute approximate surface area is 117 Å². The summed E-state index contributed by atoms with van der Waals surface area (Å²) >= 11 is 2.29. The summed E-state index contributed by atoms with van der Waals surface area (Å²) in [6, 6.07) is 8.18. The Morgan fingerprint density at radius 3 is 2.47 bits per heavy atom. The maximum atomic E-state index is 10.4. The molecule has 0 radical (unpaired) electrons. The highest BCUT2D eigenvalue weighted by molar-refractivity contribution is 14.1. The largest absolute Gasteiger partial charge is 0.384 e. The first-order valence-corrected chi connectivity index (χ1v) is 7.48. The molecule has 0 aromatic heterocycles. The number of rotatable bonds is 2. The van der Waals surface area contributed by atoms with Crippen molar-refractivity contribution in [2.45, 2.75) is 44.6 Å². The quantitative estimate of drug-likeness (QED) is 0.615. The van der Waals surface area contributed by atoms with Crippen LogP contribution in [0.3, 0.4) is 0 Å². The van der Waals surface area contributed by atoms with Crippen molar-refractivity contribution in [1.29, 1.82) is 0 Å². The van der Waals surface area contributed by atoms with Crippen LogP contribution in [0.15, 0.2) is 35.9 Å². The molecule has 1 nitrogen and oxygen atoms in total. The molecule has 0 saturated heterocycles.